The van der Waals surface area contributed by atoms with Crippen molar-refractivity contribution in [2.24, 2.45) is 0 Å². The van der Waals surface area contributed by atoms with Crippen LogP contribution >= 0.6 is 33.9 Å². The van der Waals surface area contributed by atoms with Crippen LogP contribution in [-0.2, 0) is 0 Å². The summed E-state index contributed by atoms with van der Waals surface area (Å²) in [5, 5.41) is 1.92. The Morgan fingerprint density at radius 1 is 1.54 bits per heavy atom. The van der Waals surface area contributed by atoms with Crippen molar-refractivity contribution in [3.05, 3.63) is 19.9 Å². The van der Waals surface area contributed by atoms with Crippen LogP contribution in [0.25, 0.3) is 0 Å². The van der Waals surface area contributed by atoms with Crippen LogP contribution in [0.15, 0.2) is 11.4 Å². The van der Waals surface area contributed by atoms with Crippen molar-refractivity contribution in [3.8, 4) is 0 Å². The monoisotopic (exact) mass is 309 g/mol. The predicted molar refractivity (Wildman–Crippen MR) is 64.3 cm³/mol. The van der Waals surface area contributed by atoms with E-state index in [0.717, 1.165) is 21.5 Å². The normalized spacial score (nSPS) is 10.1. The van der Waals surface area contributed by atoms with Crippen molar-refractivity contribution >= 4 is 39.8 Å². The number of halogens is 1. The van der Waals surface area contributed by atoms with Gasteiger partial charge in [0.1, 0.15) is 0 Å². The van der Waals surface area contributed by atoms with E-state index in [1.807, 2.05) is 30.2 Å². The second kappa shape index (κ2) is 4.95. The Hall–Kier alpha value is -0.100. The van der Waals surface area contributed by atoms with Gasteiger partial charge in [-0.05, 0) is 42.5 Å². The van der Waals surface area contributed by atoms with E-state index < -0.39 is 0 Å². The van der Waals surface area contributed by atoms with Gasteiger partial charge in [-0.2, -0.15) is 0 Å². The summed E-state index contributed by atoms with van der Waals surface area (Å²) in [6, 6.07) is 1.94. The molecule has 1 aromatic rings. The molecule has 0 saturated carbocycles. The molecule has 0 bridgehead atoms. The van der Waals surface area contributed by atoms with Crippen LogP contribution in [0.1, 0.15) is 24.2 Å². The molecule has 1 amide bonds. The molecule has 0 unspecified atom stereocenters. The van der Waals surface area contributed by atoms with Crippen molar-refractivity contribution in [1.82, 2.24) is 4.90 Å². The van der Waals surface area contributed by atoms with Gasteiger partial charge in [0.25, 0.3) is 5.91 Å². The summed E-state index contributed by atoms with van der Waals surface area (Å²) < 4.78 is 1.16. The highest BCUT2D eigenvalue weighted by Crippen LogP contribution is 2.17. The van der Waals surface area contributed by atoms with Crippen molar-refractivity contribution < 1.29 is 4.79 Å². The molecule has 0 spiro atoms. The third-order valence-corrected chi connectivity index (χ3v) is 3.65. The summed E-state index contributed by atoms with van der Waals surface area (Å²) in [4.78, 5) is 13.6. The second-order valence-corrected chi connectivity index (χ2v) is 5.42. The largest absolute Gasteiger partial charge is 0.339 e. The Morgan fingerprint density at radius 3 is 2.54 bits per heavy atom. The molecule has 0 atom stereocenters. The lowest BCUT2D eigenvalue weighted by Crippen LogP contribution is -2.30. The van der Waals surface area contributed by atoms with Crippen LogP contribution in [0, 0.1) is 2.88 Å². The lowest BCUT2D eigenvalue weighted by atomic mass is 10.3. The number of rotatable bonds is 3. The summed E-state index contributed by atoms with van der Waals surface area (Å²) >= 11 is 3.84. The smallest absolute Gasteiger partial charge is 0.254 e. The lowest BCUT2D eigenvalue weighted by molar-refractivity contribution is 0.0773. The van der Waals surface area contributed by atoms with Crippen LogP contribution in [0.3, 0.4) is 0 Å². The van der Waals surface area contributed by atoms with E-state index in [-0.39, 0.29) is 5.91 Å². The highest BCUT2D eigenvalue weighted by atomic mass is 127. The Bertz CT molecular complexity index is 294. The maximum absolute atomic E-state index is 11.7. The highest BCUT2D eigenvalue weighted by molar-refractivity contribution is 14.1. The number of nitrogens with zero attached hydrogens (tertiary/aromatic N) is 1. The Labute approximate surface area is 96.1 Å². The van der Waals surface area contributed by atoms with Crippen LogP contribution < -0.4 is 0 Å². The maximum atomic E-state index is 11.7. The number of hydrogen-bond acceptors (Lipinski definition) is 2. The van der Waals surface area contributed by atoms with Gasteiger partial charge >= 0.3 is 0 Å². The van der Waals surface area contributed by atoms with Crippen molar-refractivity contribution in [3.63, 3.8) is 0 Å². The molecule has 0 aromatic carbocycles. The zero-order chi connectivity index (χ0) is 9.84. The number of hydrogen-bond donors (Lipinski definition) is 0. The van der Waals surface area contributed by atoms with Gasteiger partial charge in [-0.1, -0.05) is 0 Å². The van der Waals surface area contributed by atoms with E-state index in [4.69, 9.17) is 0 Å². The topological polar surface area (TPSA) is 20.3 Å². The van der Waals surface area contributed by atoms with Gasteiger partial charge in [0.15, 0.2) is 0 Å². The first kappa shape index (κ1) is 11.0. The average molecular weight is 309 g/mol. The highest BCUT2D eigenvalue weighted by Gasteiger charge is 2.13. The average Bonchev–Trinajstić information content (AvgIpc) is 2.54. The fraction of sp³-hybridized carbons (Fsp3) is 0.444. The molecule has 0 aliphatic carbocycles. The number of amides is 1. The van der Waals surface area contributed by atoms with Gasteiger partial charge in [-0.3, -0.25) is 4.79 Å². The minimum Gasteiger partial charge on any atom is -0.339 e. The molecule has 1 rings (SSSR count). The summed E-state index contributed by atoms with van der Waals surface area (Å²) in [7, 11) is 0. The first-order valence-electron chi connectivity index (χ1n) is 4.22. The van der Waals surface area contributed by atoms with Gasteiger partial charge in [0, 0.05) is 18.5 Å². The number of carbonyl (C=O) groups is 1. The SMILES string of the molecule is CCN(CC)C(=O)c1csc(I)c1. The van der Waals surface area contributed by atoms with Gasteiger partial charge in [-0.25, -0.2) is 0 Å². The van der Waals surface area contributed by atoms with Crippen molar-refractivity contribution in [2.45, 2.75) is 13.8 Å². The Balaban J connectivity index is 2.78. The van der Waals surface area contributed by atoms with E-state index in [1.54, 1.807) is 11.3 Å². The van der Waals surface area contributed by atoms with E-state index in [0.29, 0.717) is 0 Å². The molecule has 1 heterocycles. The van der Waals surface area contributed by atoms with Gasteiger partial charge < -0.3 is 4.90 Å². The van der Waals surface area contributed by atoms with Gasteiger partial charge in [-0.15, -0.1) is 11.3 Å². The van der Waals surface area contributed by atoms with Crippen LogP contribution in [0.5, 0.6) is 0 Å². The zero-order valence-corrected chi connectivity index (χ0v) is 10.7. The third-order valence-electron chi connectivity index (χ3n) is 1.87. The fourth-order valence-electron chi connectivity index (χ4n) is 1.12. The molecule has 0 aliphatic rings. The molecule has 1 aromatic heterocycles. The molecule has 4 heteroatoms. The van der Waals surface area contributed by atoms with E-state index in [9.17, 15) is 4.79 Å². The molecule has 0 saturated heterocycles. The first-order chi connectivity index (χ1) is 6.19. The summed E-state index contributed by atoms with van der Waals surface area (Å²) in [5.41, 5.74) is 0.818. The Morgan fingerprint density at radius 2 is 2.15 bits per heavy atom. The molecule has 2 nitrogen and oxygen atoms in total. The molecular weight excluding hydrogens is 297 g/mol. The first-order valence-corrected chi connectivity index (χ1v) is 6.18. The van der Waals surface area contributed by atoms with Crippen LogP contribution in [-0.4, -0.2) is 23.9 Å². The molecule has 72 valence electrons. The maximum Gasteiger partial charge on any atom is 0.254 e. The van der Waals surface area contributed by atoms with E-state index >= 15 is 0 Å². The molecule has 0 radical (unpaired) electrons. The second-order valence-electron chi connectivity index (χ2n) is 2.62. The molecular formula is C9H12INOS. The van der Waals surface area contributed by atoms with Gasteiger partial charge in [0.05, 0.1) is 8.45 Å². The third kappa shape index (κ3) is 2.67. The number of carbonyl (C=O) groups excluding carboxylic acids is 1. The van der Waals surface area contributed by atoms with E-state index in [2.05, 4.69) is 22.6 Å². The minimum atomic E-state index is 0.143. The van der Waals surface area contributed by atoms with E-state index in [1.165, 1.54) is 0 Å². The summed E-state index contributed by atoms with van der Waals surface area (Å²) in [6.45, 7) is 5.56. The Kier molecular flexibility index (Phi) is 4.18. The van der Waals surface area contributed by atoms with Crippen molar-refractivity contribution in [2.75, 3.05) is 13.1 Å². The molecule has 13 heavy (non-hydrogen) atoms. The van der Waals surface area contributed by atoms with Gasteiger partial charge in [0.2, 0.25) is 0 Å². The fourth-order valence-corrected chi connectivity index (χ4v) is 2.44. The van der Waals surface area contributed by atoms with Crippen molar-refractivity contribution in [1.29, 1.82) is 0 Å². The summed E-state index contributed by atoms with van der Waals surface area (Å²) in [6.07, 6.45) is 0. The summed E-state index contributed by atoms with van der Waals surface area (Å²) in [5.74, 6) is 0.143. The lowest BCUT2D eigenvalue weighted by Gasteiger charge is -2.17. The van der Waals surface area contributed by atoms with Crippen LogP contribution in [0.2, 0.25) is 0 Å². The standard InChI is InChI=1S/C9H12INOS/c1-3-11(4-2)9(12)7-5-8(10)13-6-7/h5-6H,3-4H2,1-2H3. The molecule has 0 aliphatic heterocycles. The zero-order valence-electron chi connectivity index (χ0n) is 7.71. The quantitative estimate of drug-likeness (QED) is 0.786. The predicted octanol–water partition coefficient (Wildman–Crippen LogP) is 2.83. The van der Waals surface area contributed by atoms with Crippen LogP contribution in [0.4, 0.5) is 0 Å². The minimum absolute atomic E-state index is 0.143. The molecule has 0 N–H and O–H groups in total. The number of thiophene rings is 1. The molecule has 0 fully saturated rings.